The predicted octanol–water partition coefficient (Wildman–Crippen LogP) is 2.53. The van der Waals surface area contributed by atoms with Crippen LogP contribution >= 0.6 is 0 Å². The molecule has 1 aliphatic rings. The fraction of sp³-hybridized carbons (Fsp3) is 0.600. The van der Waals surface area contributed by atoms with Gasteiger partial charge in [0.2, 0.25) is 5.91 Å². The van der Waals surface area contributed by atoms with Gasteiger partial charge in [0.15, 0.2) is 5.96 Å². The minimum Gasteiger partial charge on any atom is -0.495 e. The zero-order valence-corrected chi connectivity index (χ0v) is 16.9. The van der Waals surface area contributed by atoms with E-state index in [1.165, 1.54) is 26.2 Å². The summed E-state index contributed by atoms with van der Waals surface area (Å²) in [7, 11) is 5.11. The number of ether oxygens (including phenoxy) is 2. The summed E-state index contributed by atoms with van der Waals surface area (Å²) in [6.45, 7) is 3.78. The Morgan fingerprint density at radius 2 is 2.04 bits per heavy atom. The summed E-state index contributed by atoms with van der Waals surface area (Å²) in [5.41, 5.74) is 2.02. The van der Waals surface area contributed by atoms with E-state index in [0.717, 1.165) is 31.1 Å². The highest BCUT2D eigenvalue weighted by Crippen LogP contribution is 2.43. The van der Waals surface area contributed by atoms with Gasteiger partial charge in [-0.15, -0.1) is 0 Å². The Morgan fingerprint density at radius 1 is 1.26 bits per heavy atom. The normalized spacial score (nSPS) is 15.6. The predicted molar refractivity (Wildman–Crippen MR) is 108 cm³/mol. The standard InChI is InChI=1S/C20H32N4O3/c1-15(25)24-17-12-16(6-7-18(17)27-4)13-22-19(21-2)23-14-20(8-5-9-20)10-11-26-3/h6-7,12H,5,8-11,13-14H2,1-4H3,(H,24,25)(H2,21,22,23). The van der Waals surface area contributed by atoms with E-state index in [0.29, 0.717) is 23.4 Å². The number of hydrogen-bond donors (Lipinski definition) is 3. The highest BCUT2D eigenvalue weighted by Gasteiger charge is 2.36. The second-order valence-electron chi connectivity index (χ2n) is 7.09. The van der Waals surface area contributed by atoms with E-state index in [1.807, 2.05) is 18.2 Å². The molecule has 7 nitrogen and oxygen atoms in total. The number of aliphatic imine (C=N–C) groups is 1. The maximum atomic E-state index is 11.4. The summed E-state index contributed by atoms with van der Waals surface area (Å²) in [6, 6.07) is 5.73. The lowest BCUT2D eigenvalue weighted by molar-refractivity contribution is -0.114. The highest BCUT2D eigenvalue weighted by molar-refractivity contribution is 5.90. The number of nitrogens with one attached hydrogen (secondary N) is 3. The van der Waals surface area contributed by atoms with Crippen LogP contribution in [0.25, 0.3) is 0 Å². The molecule has 1 amide bonds. The minimum atomic E-state index is -0.127. The third-order valence-electron chi connectivity index (χ3n) is 5.14. The summed E-state index contributed by atoms with van der Waals surface area (Å²) >= 11 is 0. The quantitative estimate of drug-likeness (QED) is 0.456. The maximum Gasteiger partial charge on any atom is 0.221 e. The molecule has 1 aromatic rings. The SMILES string of the molecule is CN=C(NCc1ccc(OC)c(NC(C)=O)c1)NCC1(CCOC)CCC1. The Kier molecular flexibility index (Phi) is 7.91. The van der Waals surface area contributed by atoms with Gasteiger partial charge in [0.25, 0.3) is 0 Å². The second kappa shape index (κ2) is 10.2. The van der Waals surface area contributed by atoms with Crippen LogP contribution in [0.15, 0.2) is 23.2 Å². The van der Waals surface area contributed by atoms with Crippen molar-refractivity contribution >= 4 is 17.6 Å². The zero-order chi connectivity index (χ0) is 19.7. The van der Waals surface area contributed by atoms with Crippen molar-refractivity contribution in [1.82, 2.24) is 10.6 Å². The van der Waals surface area contributed by atoms with E-state index in [4.69, 9.17) is 9.47 Å². The molecule has 0 atom stereocenters. The Morgan fingerprint density at radius 3 is 2.59 bits per heavy atom. The topological polar surface area (TPSA) is 84.0 Å². The van der Waals surface area contributed by atoms with Crippen LogP contribution in [0.3, 0.4) is 0 Å². The van der Waals surface area contributed by atoms with E-state index in [-0.39, 0.29) is 5.91 Å². The molecule has 0 aliphatic heterocycles. The lowest BCUT2D eigenvalue weighted by Crippen LogP contribution is -2.46. The average molecular weight is 377 g/mol. The van der Waals surface area contributed by atoms with Crippen LogP contribution < -0.4 is 20.7 Å². The molecule has 1 aromatic carbocycles. The van der Waals surface area contributed by atoms with Crippen LogP contribution in [-0.4, -0.2) is 46.3 Å². The summed E-state index contributed by atoms with van der Waals surface area (Å²) in [6.07, 6.45) is 4.83. The summed E-state index contributed by atoms with van der Waals surface area (Å²) in [5.74, 6) is 1.29. The Hall–Kier alpha value is -2.28. The summed E-state index contributed by atoms with van der Waals surface area (Å²) in [4.78, 5) is 15.7. The third-order valence-corrected chi connectivity index (χ3v) is 5.14. The van der Waals surface area contributed by atoms with Crippen LogP contribution in [0, 0.1) is 5.41 Å². The molecule has 150 valence electrons. The van der Waals surface area contributed by atoms with E-state index < -0.39 is 0 Å². The molecule has 0 unspecified atom stereocenters. The van der Waals surface area contributed by atoms with Crippen molar-refractivity contribution in [2.45, 2.75) is 39.2 Å². The number of amides is 1. The van der Waals surface area contributed by atoms with Crippen molar-refractivity contribution in [1.29, 1.82) is 0 Å². The van der Waals surface area contributed by atoms with Gasteiger partial charge in [-0.3, -0.25) is 9.79 Å². The summed E-state index contributed by atoms with van der Waals surface area (Å²) in [5, 5.41) is 9.58. The van der Waals surface area contributed by atoms with E-state index in [9.17, 15) is 4.79 Å². The largest absolute Gasteiger partial charge is 0.495 e. The first kappa shape index (κ1) is 21.0. The van der Waals surface area contributed by atoms with Crippen LogP contribution in [0.4, 0.5) is 5.69 Å². The Balaban J connectivity index is 1.91. The molecule has 7 heteroatoms. The Labute approximate surface area is 161 Å². The van der Waals surface area contributed by atoms with Crippen molar-refractivity contribution in [3.05, 3.63) is 23.8 Å². The first-order chi connectivity index (χ1) is 13.0. The molecule has 3 N–H and O–H groups in total. The first-order valence-electron chi connectivity index (χ1n) is 9.40. The number of rotatable bonds is 9. The lowest BCUT2D eigenvalue weighted by Gasteiger charge is -2.42. The van der Waals surface area contributed by atoms with Crippen molar-refractivity contribution in [2.24, 2.45) is 10.4 Å². The molecule has 0 saturated heterocycles. The van der Waals surface area contributed by atoms with Gasteiger partial charge in [0, 0.05) is 40.8 Å². The molecule has 2 rings (SSSR count). The molecule has 0 bridgehead atoms. The van der Waals surface area contributed by atoms with Gasteiger partial charge in [0.05, 0.1) is 12.8 Å². The van der Waals surface area contributed by atoms with Crippen LogP contribution in [0.2, 0.25) is 0 Å². The maximum absolute atomic E-state index is 11.4. The fourth-order valence-electron chi connectivity index (χ4n) is 3.34. The number of carbonyl (C=O) groups is 1. The van der Waals surface area contributed by atoms with Crippen molar-refractivity contribution in [3.8, 4) is 5.75 Å². The smallest absolute Gasteiger partial charge is 0.221 e. The van der Waals surface area contributed by atoms with Gasteiger partial charge in [-0.2, -0.15) is 0 Å². The molecule has 0 radical (unpaired) electrons. The lowest BCUT2D eigenvalue weighted by atomic mass is 9.67. The van der Waals surface area contributed by atoms with Gasteiger partial charge in [-0.1, -0.05) is 12.5 Å². The minimum absolute atomic E-state index is 0.127. The molecule has 27 heavy (non-hydrogen) atoms. The molecular formula is C20H32N4O3. The van der Waals surface area contributed by atoms with Gasteiger partial charge >= 0.3 is 0 Å². The number of benzene rings is 1. The van der Waals surface area contributed by atoms with E-state index in [2.05, 4.69) is 20.9 Å². The van der Waals surface area contributed by atoms with Crippen molar-refractivity contribution < 1.29 is 14.3 Å². The second-order valence-corrected chi connectivity index (χ2v) is 7.09. The van der Waals surface area contributed by atoms with Crippen LogP contribution in [0.5, 0.6) is 5.75 Å². The molecule has 1 fully saturated rings. The third kappa shape index (κ3) is 6.13. The molecule has 1 saturated carbocycles. The Bertz CT molecular complexity index is 657. The molecule has 0 aromatic heterocycles. The van der Waals surface area contributed by atoms with Gasteiger partial charge in [-0.05, 0) is 42.4 Å². The number of nitrogens with zero attached hydrogens (tertiary/aromatic N) is 1. The molecule has 0 spiro atoms. The number of methoxy groups -OCH3 is 2. The monoisotopic (exact) mass is 376 g/mol. The van der Waals surface area contributed by atoms with Crippen LogP contribution in [0.1, 0.15) is 38.2 Å². The van der Waals surface area contributed by atoms with Gasteiger partial charge in [-0.25, -0.2) is 0 Å². The van der Waals surface area contributed by atoms with Crippen molar-refractivity contribution in [3.63, 3.8) is 0 Å². The average Bonchev–Trinajstić information content (AvgIpc) is 2.62. The molecule has 0 heterocycles. The number of hydrogen-bond acceptors (Lipinski definition) is 4. The number of anilines is 1. The number of guanidine groups is 1. The van der Waals surface area contributed by atoms with E-state index in [1.54, 1.807) is 21.3 Å². The van der Waals surface area contributed by atoms with Gasteiger partial charge in [0.1, 0.15) is 5.75 Å². The summed E-state index contributed by atoms with van der Waals surface area (Å²) < 4.78 is 10.5. The van der Waals surface area contributed by atoms with Gasteiger partial charge < -0.3 is 25.4 Å². The van der Waals surface area contributed by atoms with Crippen LogP contribution in [-0.2, 0) is 16.1 Å². The molecule has 1 aliphatic carbocycles. The molecular weight excluding hydrogens is 344 g/mol. The fourth-order valence-corrected chi connectivity index (χ4v) is 3.34. The number of carbonyl (C=O) groups excluding carboxylic acids is 1. The van der Waals surface area contributed by atoms with Crippen molar-refractivity contribution in [2.75, 3.05) is 39.7 Å². The first-order valence-corrected chi connectivity index (χ1v) is 9.40. The van der Waals surface area contributed by atoms with E-state index >= 15 is 0 Å². The highest BCUT2D eigenvalue weighted by atomic mass is 16.5. The zero-order valence-electron chi connectivity index (χ0n) is 16.9.